The predicted octanol–water partition coefficient (Wildman–Crippen LogP) is 4.14. The molecule has 1 aromatic heterocycles. The van der Waals surface area contributed by atoms with E-state index >= 15 is 0 Å². The molecule has 0 aliphatic carbocycles. The minimum Gasteiger partial charge on any atom is -0.476 e. The second-order valence-electron chi connectivity index (χ2n) is 6.40. The van der Waals surface area contributed by atoms with Crippen LogP contribution in [-0.4, -0.2) is 12.2 Å². The third kappa shape index (κ3) is 3.30. The zero-order valence-corrected chi connectivity index (χ0v) is 15.5. The molecule has 0 amide bonds. The smallest absolute Gasteiger partial charge is 0.344 e. The molecule has 0 aliphatic rings. The van der Waals surface area contributed by atoms with Crippen molar-refractivity contribution in [1.82, 2.24) is 0 Å². The summed E-state index contributed by atoms with van der Waals surface area (Å²) in [5.74, 6) is 0.973. The number of hydrogen-bond acceptors (Lipinski definition) is 6. The van der Waals surface area contributed by atoms with E-state index in [1.54, 1.807) is 32.9 Å². The number of aryl methyl sites for hydroxylation is 2. The first-order valence-electron chi connectivity index (χ1n) is 8.49. The Hall–Kier alpha value is -3.51. The summed E-state index contributed by atoms with van der Waals surface area (Å²) >= 11 is 0. The number of fused-ring (bicyclic) bond motifs is 3. The first-order valence-corrected chi connectivity index (χ1v) is 8.49. The summed E-state index contributed by atoms with van der Waals surface area (Å²) in [4.78, 5) is 12.6. The fourth-order valence-electron chi connectivity index (χ4n) is 2.93. The molecule has 6 nitrogen and oxygen atoms in total. The Morgan fingerprint density at radius 3 is 2.19 bits per heavy atom. The van der Waals surface area contributed by atoms with Gasteiger partial charge < -0.3 is 13.9 Å². The highest BCUT2D eigenvalue weighted by atomic mass is 16.5. The molecule has 1 heterocycles. The maximum Gasteiger partial charge on any atom is 0.344 e. The topological polar surface area (TPSA) is 96.2 Å². The average Bonchev–Trinajstić information content (AvgIpc) is 2.65. The number of rotatable bonds is 4. The summed E-state index contributed by atoms with van der Waals surface area (Å²) in [6, 6.07) is 11.1. The van der Waals surface area contributed by atoms with E-state index < -0.39 is 17.8 Å². The van der Waals surface area contributed by atoms with Gasteiger partial charge in [0.2, 0.25) is 0 Å². The maximum atomic E-state index is 12.6. The van der Waals surface area contributed by atoms with Crippen molar-refractivity contribution in [2.45, 2.75) is 39.9 Å². The van der Waals surface area contributed by atoms with Crippen LogP contribution in [0.5, 0.6) is 11.5 Å². The van der Waals surface area contributed by atoms with Gasteiger partial charge in [0.15, 0.2) is 12.2 Å². The standard InChI is InChI=1S/C21H18N2O4/c1-11-7-16-15-5-6-18(25-12(2)9-22)14(4)20(15)27-21(24)17(16)8-19(11)26-13(3)10-23/h5-8,12-13H,1-4H3. The lowest BCUT2D eigenvalue weighted by Crippen LogP contribution is -2.11. The number of nitrogens with zero attached hydrogens (tertiary/aromatic N) is 2. The maximum absolute atomic E-state index is 12.6. The molecule has 0 bridgehead atoms. The third-order valence-electron chi connectivity index (χ3n) is 4.35. The van der Waals surface area contributed by atoms with Crippen LogP contribution in [0, 0.1) is 36.5 Å². The van der Waals surface area contributed by atoms with Crippen molar-refractivity contribution in [3.63, 3.8) is 0 Å². The van der Waals surface area contributed by atoms with Crippen LogP contribution in [0.25, 0.3) is 21.7 Å². The van der Waals surface area contributed by atoms with E-state index in [1.807, 2.05) is 31.2 Å². The summed E-state index contributed by atoms with van der Waals surface area (Å²) < 4.78 is 16.7. The van der Waals surface area contributed by atoms with Crippen molar-refractivity contribution in [2.75, 3.05) is 0 Å². The van der Waals surface area contributed by atoms with Crippen molar-refractivity contribution in [3.8, 4) is 23.6 Å². The summed E-state index contributed by atoms with van der Waals surface area (Å²) in [5, 5.41) is 19.8. The molecule has 2 aromatic carbocycles. The number of hydrogen-bond donors (Lipinski definition) is 0. The Kier molecular flexibility index (Phi) is 4.75. The first kappa shape index (κ1) is 18.3. The molecule has 27 heavy (non-hydrogen) atoms. The van der Waals surface area contributed by atoms with Gasteiger partial charge in [-0.3, -0.25) is 0 Å². The van der Waals surface area contributed by atoms with Crippen LogP contribution >= 0.6 is 0 Å². The Bertz CT molecular complexity index is 1180. The molecule has 0 radical (unpaired) electrons. The largest absolute Gasteiger partial charge is 0.476 e. The fraction of sp³-hybridized carbons (Fsp3) is 0.286. The van der Waals surface area contributed by atoms with Crippen LogP contribution in [0.3, 0.4) is 0 Å². The van der Waals surface area contributed by atoms with Gasteiger partial charge in [-0.15, -0.1) is 0 Å². The summed E-state index contributed by atoms with van der Waals surface area (Å²) in [5.41, 5.74) is 1.39. The minimum atomic E-state index is -0.627. The molecule has 3 aromatic rings. The van der Waals surface area contributed by atoms with Gasteiger partial charge in [0.05, 0.1) is 5.39 Å². The van der Waals surface area contributed by atoms with Crippen LogP contribution in [0.4, 0.5) is 0 Å². The highest BCUT2D eigenvalue weighted by Crippen LogP contribution is 2.34. The van der Waals surface area contributed by atoms with Crippen LogP contribution in [-0.2, 0) is 0 Å². The third-order valence-corrected chi connectivity index (χ3v) is 4.35. The molecular weight excluding hydrogens is 344 g/mol. The van der Waals surface area contributed by atoms with Crippen molar-refractivity contribution in [1.29, 1.82) is 10.5 Å². The van der Waals surface area contributed by atoms with Crippen molar-refractivity contribution < 1.29 is 13.9 Å². The van der Waals surface area contributed by atoms with Crippen molar-refractivity contribution in [2.24, 2.45) is 0 Å². The molecule has 2 atom stereocenters. The van der Waals surface area contributed by atoms with E-state index in [9.17, 15) is 4.79 Å². The van der Waals surface area contributed by atoms with E-state index in [0.717, 1.165) is 16.3 Å². The lowest BCUT2D eigenvalue weighted by Gasteiger charge is -2.14. The monoisotopic (exact) mass is 362 g/mol. The van der Waals surface area contributed by atoms with Gasteiger partial charge in [-0.25, -0.2) is 4.79 Å². The molecule has 0 N–H and O–H groups in total. The van der Waals surface area contributed by atoms with E-state index in [0.29, 0.717) is 28.0 Å². The second kappa shape index (κ2) is 7.01. The van der Waals surface area contributed by atoms with Crippen LogP contribution < -0.4 is 15.1 Å². The average molecular weight is 362 g/mol. The Labute approximate surface area is 156 Å². The molecule has 0 saturated heterocycles. The zero-order chi connectivity index (χ0) is 19.7. The van der Waals surface area contributed by atoms with Gasteiger partial charge in [0.1, 0.15) is 29.2 Å². The lowest BCUT2D eigenvalue weighted by molar-refractivity contribution is 0.274. The SMILES string of the molecule is Cc1cc2c(cc1OC(C)C#N)c(=O)oc1c(C)c(OC(C)C#N)ccc12. The van der Waals surface area contributed by atoms with Gasteiger partial charge in [0.25, 0.3) is 0 Å². The Morgan fingerprint density at radius 1 is 0.926 bits per heavy atom. The van der Waals surface area contributed by atoms with Gasteiger partial charge in [-0.2, -0.15) is 10.5 Å². The van der Waals surface area contributed by atoms with Crippen LogP contribution in [0.2, 0.25) is 0 Å². The molecule has 2 unspecified atom stereocenters. The first-order chi connectivity index (χ1) is 12.8. The van der Waals surface area contributed by atoms with E-state index in [1.165, 1.54) is 0 Å². The molecule has 0 spiro atoms. The molecular formula is C21H18N2O4. The number of benzene rings is 2. The van der Waals surface area contributed by atoms with Gasteiger partial charge >= 0.3 is 5.63 Å². The normalized spacial score (nSPS) is 13.0. The molecule has 3 rings (SSSR count). The highest BCUT2D eigenvalue weighted by Gasteiger charge is 2.16. The molecule has 136 valence electrons. The molecule has 0 saturated carbocycles. The van der Waals surface area contributed by atoms with E-state index in [-0.39, 0.29) is 0 Å². The van der Waals surface area contributed by atoms with Crippen molar-refractivity contribution in [3.05, 3.63) is 45.8 Å². The minimum absolute atomic E-state index is 0.381. The summed E-state index contributed by atoms with van der Waals surface area (Å²) in [7, 11) is 0. The van der Waals surface area contributed by atoms with Crippen LogP contribution in [0.15, 0.2) is 33.5 Å². The van der Waals surface area contributed by atoms with Gasteiger partial charge in [0, 0.05) is 16.3 Å². The predicted molar refractivity (Wildman–Crippen MR) is 101 cm³/mol. The second-order valence-corrected chi connectivity index (χ2v) is 6.40. The number of nitriles is 2. The zero-order valence-electron chi connectivity index (χ0n) is 15.5. The van der Waals surface area contributed by atoms with Gasteiger partial charge in [-0.05, 0) is 57.5 Å². The molecule has 0 aliphatic heterocycles. The quantitative estimate of drug-likeness (QED) is 0.511. The Morgan fingerprint density at radius 2 is 1.56 bits per heavy atom. The van der Waals surface area contributed by atoms with Crippen molar-refractivity contribution >= 4 is 21.7 Å². The van der Waals surface area contributed by atoms with Gasteiger partial charge in [-0.1, -0.05) is 0 Å². The molecule has 0 fully saturated rings. The highest BCUT2D eigenvalue weighted by molar-refractivity contribution is 6.06. The lowest BCUT2D eigenvalue weighted by atomic mass is 10.0. The Balaban J connectivity index is 2.24. The van der Waals surface area contributed by atoms with E-state index in [2.05, 4.69) is 0 Å². The van der Waals surface area contributed by atoms with E-state index in [4.69, 9.17) is 24.4 Å². The fourth-order valence-corrected chi connectivity index (χ4v) is 2.93. The summed E-state index contributed by atoms with van der Waals surface area (Å²) in [6.45, 7) is 6.93. The summed E-state index contributed by atoms with van der Waals surface area (Å²) in [6.07, 6.45) is -1.24. The van der Waals surface area contributed by atoms with Crippen LogP contribution in [0.1, 0.15) is 25.0 Å². The molecule has 6 heteroatoms. The number of ether oxygens (including phenoxy) is 2.